The monoisotopic (exact) mass is 774 g/mol. The molecule has 2 aliphatic heterocycles. The van der Waals surface area contributed by atoms with Crippen LogP contribution in [0.3, 0.4) is 0 Å². The van der Waals surface area contributed by atoms with Crippen molar-refractivity contribution in [3.05, 3.63) is 117 Å². The number of hydrogen-bond acceptors (Lipinski definition) is 4. The standard InChI is InChI=1S/C32H35O4.3C4H9.Sn/c1-23-21-33-29-28(23)20-27(35-30(29)36-31(2,3)4)22-34-32(24-14-8-5-9-15-24,25-16-10-6-11-17-25)26-18-12-7-13-19-26;3*1-3-4-2;/h1,5-19,27-30H,20-22H2,2-4H3;3*1,3-4H2,2H3;/t27-,28-,29+,30+;;;;/m0..../s1. The molecule has 0 radical (unpaired) electrons. The fourth-order valence-corrected chi connectivity index (χ4v) is 23.6. The predicted octanol–water partition coefficient (Wildman–Crippen LogP) is 11.3. The van der Waals surface area contributed by atoms with Crippen LogP contribution in [0.25, 0.3) is 0 Å². The third kappa shape index (κ3) is 9.68. The average Bonchev–Trinajstić information content (AvgIpc) is 3.52. The van der Waals surface area contributed by atoms with Crippen molar-refractivity contribution in [1.82, 2.24) is 0 Å². The Morgan fingerprint density at radius 2 is 1.18 bits per heavy atom. The number of hydrogen-bond donors (Lipinski definition) is 0. The van der Waals surface area contributed by atoms with Gasteiger partial charge in [-0.25, -0.2) is 0 Å². The molecule has 3 aromatic carbocycles. The van der Waals surface area contributed by atoms with Gasteiger partial charge in [0.1, 0.15) is 0 Å². The normalized spacial score (nSPS) is 22.4. The van der Waals surface area contributed by atoms with Crippen LogP contribution in [-0.2, 0) is 24.5 Å². The van der Waals surface area contributed by atoms with E-state index in [1.165, 1.54) is 51.8 Å². The molecule has 0 amide bonds. The predicted molar refractivity (Wildman–Crippen MR) is 205 cm³/mol. The van der Waals surface area contributed by atoms with E-state index >= 15 is 0 Å². The fourth-order valence-electron chi connectivity index (χ4n) is 8.04. The van der Waals surface area contributed by atoms with Crippen molar-refractivity contribution >= 4 is 18.4 Å². The van der Waals surface area contributed by atoms with Crippen molar-refractivity contribution in [2.24, 2.45) is 5.92 Å². The summed E-state index contributed by atoms with van der Waals surface area (Å²) in [4.78, 5) is 0. The molecule has 2 fully saturated rings. The van der Waals surface area contributed by atoms with Crippen LogP contribution in [0.2, 0.25) is 13.3 Å². The molecule has 3 aromatic rings. The van der Waals surface area contributed by atoms with Gasteiger partial charge in [-0.3, -0.25) is 0 Å². The van der Waals surface area contributed by atoms with Gasteiger partial charge >= 0.3 is 303 Å². The molecule has 0 N–H and O–H groups in total. The Morgan fingerprint density at radius 1 is 0.714 bits per heavy atom. The molecule has 5 rings (SSSR count). The molecule has 0 aliphatic carbocycles. The van der Waals surface area contributed by atoms with Crippen LogP contribution < -0.4 is 0 Å². The van der Waals surface area contributed by atoms with Crippen molar-refractivity contribution in [3.63, 3.8) is 0 Å². The summed E-state index contributed by atoms with van der Waals surface area (Å²) in [5, 5.41) is 0. The van der Waals surface area contributed by atoms with E-state index in [1.54, 1.807) is 5.57 Å². The maximum absolute atomic E-state index is 7.32. The summed E-state index contributed by atoms with van der Waals surface area (Å²) in [6, 6.07) is 32.0. The number of fused-ring (bicyclic) bond motifs is 1. The quantitative estimate of drug-likeness (QED) is 0.101. The fraction of sp³-hybridized carbons (Fsp3) is 0.545. The first kappa shape index (κ1) is 38.3. The van der Waals surface area contributed by atoms with Crippen LogP contribution in [-0.4, -0.2) is 55.7 Å². The van der Waals surface area contributed by atoms with Gasteiger partial charge in [-0.05, 0) is 0 Å². The van der Waals surface area contributed by atoms with E-state index in [0.717, 1.165) is 23.1 Å². The van der Waals surface area contributed by atoms with Crippen LogP contribution >= 0.6 is 0 Å². The third-order valence-electron chi connectivity index (χ3n) is 10.5. The molecule has 2 heterocycles. The SMILES string of the molecule is CCC[CH2][Sn](/[CH]=C1\CO[C@H]2[C@@H](OC(C)(C)C)O[C@H](COC(c3ccccc3)(c3ccccc3)c3ccccc3)C[C@@H]12)([CH2]CCC)[CH2]CCC. The molecule has 0 spiro atoms. The van der Waals surface area contributed by atoms with Crippen LogP contribution in [0.5, 0.6) is 0 Å². The zero-order valence-corrected chi connectivity index (χ0v) is 34.0. The summed E-state index contributed by atoms with van der Waals surface area (Å²) < 4.78 is 34.8. The van der Waals surface area contributed by atoms with Crippen molar-refractivity contribution in [2.45, 2.75) is 129 Å². The third-order valence-corrected chi connectivity index (χ3v) is 24.9. The molecular weight excluding hydrogens is 711 g/mol. The second kappa shape index (κ2) is 18.0. The Labute approximate surface area is 301 Å². The van der Waals surface area contributed by atoms with Crippen LogP contribution in [0.15, 0.2) is 101 Å². The van der Waals surface area contributed by atoms with Gasteiger partial charge in [-0.15, -0.1) is 0 Å². The second-order valence-corrected chi connectivity index (χ2v) is 28.3. The molecule has 4 nitrogen and oxygen atoms in total. The van der Waals surface area contributed by atoms with Crippen molar-refractivity contribution in [1.29, 1.82) is 0 Å². The molecule has 0 saturated carbocycles. The summed E-state index contributed by atoms with van der Waals surface area (Å²) in [6.07, 6.45) is 8.14. The van der Waals surface area contributed by atoms with E-state index in [4.69, 9.17) is 18.9 Å². The number of rotatable bonds is 17. The van der Waals surface area contributed by atoms with Crippen molar-refractivity contribution < 1.29 is 18.9 Å². The molecule has 0 aromatic heterocycles. The zero-order valence-electron chi connectivity index (χ0n) is 31.2. The Balaban J connectivity index is 1.51. The summed E-state index contributed by atoms with van der Waals surface area (Å²) >= 11 is -2.57. The van der Waals surface area contributed by atoms with Gasteiger partial charge in [0.15, 0.2) is 0 Å². The number of unbranched alkanes of at least 4 members (excludes halogenated alkanes) is 3. The van der Waals surface area contributed by atoms with E-state index < -0.39 is 30.3 Å². The first-order chi connectivity index (χ1) is 23.7. The average molecular weight is 774 g/mol. The van der Waals surface area contributed by atoms with E-state index in [0.29, 0.717) is 13.2 Å². The van der Waals surface area contributed by atoms with E-state index in [2.05, 4.69) is 137 Å². The van der Waals surface area contributed by atoms with Crippen molar-refractivity contribution in [2.75, 3.05) is 13.2 Å². The second-order valence-electron chi connectivity index (χ2n) is 15.5. The molecule has 2 saturated heterocycles. The van der Waals surface area contributed by atoms with E-state index in [9.17, 15) is 0 Å². The van der Waals surface area contributed by atoms with E-state index in [1.807, 2.05) is 0 Å². The van der Waals surface area contributed by atoms with Crippen LogP contribution in [0.4, 0.5) is 0 Å². The van der Waals surface area contributed by atoms with Crippen LogP contribution in [0, 0.1) is 5.92 Å². The number of benzene rings is 3. The molecule has 0 bridgehead atoms. The van der Waals surface area contributed by atoms with Gasteiger partial charge < -0.3 is 0 Å². The van der Waals surface area contributed by atoms with Gasteiger partial charge in [-0.1, -0.05) is 0 Å². The minimum absolute atomic E-state index is 0.0867. The molecule has 2 aliphatic rings. The topological polar surface area (TPSA) is 36.9 Å². The Morgan fingerprint density at radius 3 is 1.61 bits per heavy atom. The first-order valence-electron chi connectivity index (χ1n) is 19.2. The molecule has 49 heavy (non-hydrogen) atoms. The first-order valence-corrected chi connectivity index (χ1v) is 26.9. The van der Waals surface area contributed by atoms with E-state index in [-0.39, 0.29) is 23.7 Å². The summed E-state index contributed by atoms with van der Waals surface area (Å²) in [6.45, 7) is 14.6. The maximum atomic E-state index is 7.32. The zero-order chi connectivity index (χ0) is 34.7. The van der Waals surface area contributed by atoms with Gasteiger partial charge in [-0.2, -0.15) is 0 Å². The van der Waals surface area contributed by atoms with Gasteiger partial charge in [0.25, 0.3) is 0 Å². The molecule has 4 atom stereocenters. The van der Waals surface area contributed by atoms with Gasteiger partial charge in [0.2, 0.25) is 0 Å². The van der Waals surface area contributed by atoms with Crippen LogP contribution in [0.1, 0.15) is 103 Å². The summed E-state index contributed by atoms with van der Waals surface area (Å²) in [7, 11) is 0. The van der Waals surface area contributed by atoms with Gasteiger partial charge in [0.05, 0.1) is 0 Å². The van der Waals surface area contributed by atoms with Crippen molar-refractivity contribution in [3.8, 4) is 0 Å². The minimum atomic E-state index is -2.57. The molecular formula is C44H62O4Sn. The Hall–Kier alpha value is -1.96. The molecule has 0 unspecified atom stereocenters. The Kier molecular flexibility index (Phi) is 14.1. The summed E-state index contributed by atoms with van der Waals surface area (Å²) in [5.41, 5.74) is 3.71. The van der Waals surface area contributed by atoms with Gasteiger partial charge in [0, 0.05) is 0 Å². The number of ether oxygens (including phenoxy) is 4. The molecule has 5 heteroatoms. The molecule has 266 valence electrons. The Bertz CT molecular complexity index is 1300. The summed E-state index contributed by atoms with van der Waals surface area (Å²) in [5.74, 6) is 0.287.